The van der Waals surface area contributed by atoms with E-state index in [9.17, 15) is 0 Å². The maximum absolute atomic E-state index is 7.03. The van der Waals surface area contributed by atoms with Gasteiger partial charge in [0.25, 0.3) is 0 Å². The van der Waals surface area contributed by atoms with E-state index in [-0.39, 0.29) is 0 Å². The average Bonchev–Trinajstić information content (AvgIpc) is 3.77. The van der Waals surface area contributed by atoms with Gasteiger partial charge in [0.05, 0.1) is 33.4 Å². The summed E-state index contributed by atoms with van der Waals surface area (Å²) in [5.74, 6) is 0. The minimum atomic E-state index is 0.842. The topological polar surface area (TPSA) is 43.9 Å². The minimum Gasteiger partial charge on any atom is -0.454 e. The van der Waals surface area contributed by atoms with Gasteiger partial charge in [-0.05, 0) is 64.7 Å². The van der Waals surface area contributed by atoms with Crippen molar-refractivity contribution >= 4 is 65.6 Å². The zero-order chi connectivity index (χ0) is 34.2. The van der Waals surface area contributed by atoms with E-state index in [0.717, 1.165) is 94.0 Å². The summed E-state index contributed by atoms with van der Waals surface area (Å²) < 4.78 is 9.37. The van der Waals surface area contributed by atoms with E-state index in [4.69, 9.17) is 14.4 Å². The highest BCUT2D eigenvalue weighted by Gasteiger charge is 2.22. The quantitative estimate of drug-likeness (QED) is 0.176. The van der Waals surface area contributed by atoms with E-state index in [0.29, 0.717) is 0 Å². The van der Waals surface area contributed by atoms with Crippen LogP contribution in [-0.2, 0) is 0 Å². The Bertz CT molecular complexity index is 3120. The maximum atomic E-state index is 7.03. The number of aromatic nitrogens is 3. The molecule has 7 aromatic carbocycles. The standard InChI is InChI=1S/C48H29N3O/c1-3-12-30(13-4-1)33-28-39(34-26-27-49-47-37(34)24-22-32-23-25-40(50-46(32)47)31-14-5-2-6-15-31)45-38-18-11-21-43(48(38)52-44(45)29-33)51-41-19-9-7-16-35(41)36-17-8-10-20-42(36)51/h1-29H. The second-order valence-corrected chi connectivity index (χ2v) is 13.3. The molecule has 0 spiro atoms. The average molecular weight is 664 g/mol. The molecule has 4 aromatic heterocycles. The fourth-order valence-electron chi connectivity index (χ4n) is 8.08. The van der Waals surface area contributed by atoms with Gasteiger partial charge < -0.3 is 8.98 Å². The number of nitrogens with zero attached hydrogens (tertiary/aromatic N) is 3. The molecule has 4 heteroatoms. The van der Waals surface area contributed by atoms with Crippen LogP contribution in [0.2, 0.25) is 0 Å². The second kappa shape index (κ2) is 11.2. The maximum Gasteiger partial charge on any atom is 0.159 e. The van der Waals surface area contributed by atoms with Crippen molar-refractivity contribution in [1.29, 1.82) is 0 Å². The Kier molecular flexibility index (Phi) is 6.22. The van der Waals surface area contributed by atoms with E-state index in [1.165, 1.54) is 10.8 Å². The molecule has 0 unspecified atom stereocenters. The van der Waals surface area contributed by atoms with Crippen molar-refractivity contribution in [2.24, 2.45) is 0 Å². The molecule has 11 rings (SSSR count). The highest BCUT2D eigenvalue weighted by atomic mass is 16.3. The molecule has 0 bridgehead atoms. The molecule has 52 heavy (non-hydrogen) atoms. The van der Waals surface area contributed by atoms with E-state index in [2.05, 4.69) is 156 Å². The molecule has 0 atom stereocenters. The van der Waals surface area contributed by atoms with Gasteiger partial charge in [-0.15, -0.1) is 0 Å². The monoisotopic (exact) mass is 663 g/mol. The Morgan fingerprint density at radius 2 is 1.13 bits per heavy atom. The van der Waals surface area contributed by atoms with Crippen LogP contribution in [0.3, 0.4) is 0 Å². The summed E-state index contributed by atoms with van der Waals surface area (Å²) in [5, 5.41) is 6.70. The summed E-state index contributed by atoms with van der Waals surface area (Å²) in [6, 6.07) is 59.8. The first-order valence-corrected chi connectivity index (χ1v) is 17.6. The number of rotatable bonds is 4. The number of hydrogen-bond donors (Lipinski definition) is 0. The molecule has 4 nitrogen and oxygen atoms in total. The Hall–Kier alpha value is -7.04. The van der Waals surface area contributed by atoms with Gasteiger partial charge in [0, 0.05) is 44.1 Å². The fourth-order valence-corrected chi connectivity index (χ4v) is 8.08. The Morgan fingerprint density at radius 1 is 0.462 bits per heavy atom. The molecular weight excluding hydrogens is 635 g/mol. The molecule has 4 heterocycles. The van der Waals surface area contributed by atoms with E-state index >= 15 is 0 Å². The number of pyridine rings is 2. The molecule has 0 radical (unpaired) electrons. The molecule has 0 aliphatic carbocycles. The van der Waals surface area contributed by atoms with Crippen LogP contribution in [0.25, 0.3) is 105 Å². The predicted octanol–water partition coefficient (Wildman–Crippen LogP) is 12.8. The van der Waals surface area contributed by atoms with Crippen molar-refractivity contribution in [2.45, 2.75) is 0 Å². The number of furan rings is 1. The molecule has 242 valence electrons. The molecule has 0 fully saturated rings. The Labute approximate surface area is 298 Å². The van der Waals surface area contributed by atoms with Crippen LogP contribution in [0.4, 0.5) is 0 Å². The summed E-state index contributed by atoms with van der Waals surface area (Å²) in [7, 11) is 0. The van der Waals surface area contributed by atoms with Gasteiger partial charge in [-0.3, -0.25) is 4.98 Å². The number of hydrogen-bond acceptors (Lipinski definition) is 3. The summed E-state index contributed by atoms with van der Waals surface area (Å²) in [5.41, 5.74) is 13.2. The first-order valence-electron chi connectivity index (χ1n) is 17.6. The third-order valence-corrected chi connectivity index (χ3v) is 10.4. The van der Waals surface area contributed by atoms with Gasteiger partial charge in [-0.1, -0.05) is 127 Å². The van der Waals surface area contributed by atoms with Crippen molar-refractivity contribution in [3.63, 3.8) is 0 Å². The summed E-state index contributed by atoms with van der Waals surface area (Å²) in [4.78, 5) is 10.1. The lowest BCUT2D eigenvalue weighted by atomic mass is 9.92. The molecule has 0 aliphatic heterocycles. The zero-order valence-corrected chi connectivity index (χ0v) is 28.0. The number of benzene rings is 7. The molecule has 0 saturated heterocycles. The van der Waals surface area contributed by atoms with Gasteiger partial charge in [0.15, 0.2) is 5.58 Å². The first-order chi connectivity index (χ1) is 25.8. The van der Waals surface area contributed by atoms with Crippen LogP contribution >= 0.6 is 0 Å². The third-order valence-electron chi connectivity index (χ3n) is 10.4. The fraction of sp³-hybridized carbons (Fsp3) is 0. The highest BCUT2D eigenvalue weighted by Crippen LogP contribution is 2.45. The lowest BCUT2D eigenvalue weighted by Crippen LogP contribution is -1.94. The Balaban J connectivity index is 1.22. The van der Waals surface area contributed by atoms with Crippen molar-refractivity contribution < 1.29 is 4.42 Å². The minimum absolute atomic E-state index is 0.842. The van der Waals surface area contributed by atoms with Crippen LogP contribution in [0.5, 0.6) is 0 Å². The molecule has 0 N–H and O–H groups in total. The van der Waals surface area contributed by atoms with Gasteiger partial charge in [-0.25, -0.2) is 4.98 Å². The van der Waals surface area contributed by atoms with Gasteiger partial charge in [0.1, 0.15) is 5.58 Å². The molecule has 11 aromatic rings. The zero-order valence-electron chi connectivity index (χ0n) is 28.0. The highest BCUT2D eigenvalue weighted by molar-refractivity contribution is 6.20. The van der Waals surface area contributed by atoms with Gasteiger partial charge in [-0.2, -0.15) is 0 Å². The van der Waals surface area contributed by atoms with Crippen molar-refractivity contribution in [3.8, 4) is 39.2 Å². The number of para-hydroxylation sites is 3. The predicted molar refractivity (Wildman–Crippen MR) is 215 cm³/mol. The second-order valence-electron chi connectivity index (χ2n) is 13.3. The van der Waals surface area contributed by atoms with Gasteiger partial charge >= 0.3 is 0 Å². The lowest BCUT2D eigenvalue weighted by Gasteiger charge is -2.12. The van der Waals surface area contributed by atoms with E-state index in [1.54, 1.807) is 0 Å². The van der Waals surface area contributed by atoms with Crippen molar-refractivity contribution in [2.75, 3.05) is 0 Å². The molecule has 0 amide bonds. The van der Waals surface area contributed by atoms with Gasteiger partial charge in [0.2, 0.25) is 0 Å². The SMILES string of the molecule is c1ccc(-c2cc(-c3ccnc4c3ccc3ccc(-c5ccccc5)nc34)c3c(c2)oc2c(-n4c5ccccc5c5ccccc54)cccc23)cc1. The van der Waals surface area contributed by atoms with Crippen LogP contribution in [0.15, 0.2) is 180 Å². The molecule has 0 saturated carbocycles. The van der Waals surface area contributed by atoms with Crippen LogP contribution in [0, 0.1) is 0 Å². The number of fused-ring (bicyclic) bond motifs is 9. The smallest absolute Gasteiger partial charge is 0.159 e. The van der Waals surface area contributed by atoms with Crippen molar-refractivity contribution in [1.82, 2.24) is 14.5 Å². The summed E-state index contributed by atoms with van der Waals surface area (Å²) >= 11 is 0. The summed E-state index contributed by atoms with van der Waals surface area (Å²) in [6.45, 7) is 0. The normalized spacial score (nSPS) is 11.8. The first kappa shape index (κ1) is 28.8. The van der Waals surface area contributed by atoms with E-state index < -0.39 is 0 Å². The largest absolute Gasteiger partial charge is 0.454 e. The van der Waals surface area contributed by atoms with Crippen LogP contribution < -0.4 is 0 Å². The van der Waals surface area contributed by atoms with Crippen LogP contribution in [-0.4, -0.2) is 14.5 Å². The Morgan fingerprint density at radius 3 is 1.90 bits per heavy atom. The summed E-state index contributed by atoms with van der Waals surface area (Å²) in [6.07, 6.45) is 1.92. The van der Waals surface area contributed by atoms with Crippen molar-refractivity contribution in [3.05, 3.63) is 176 Å². The van der Waals surface area contributed by atoms with E-state index in [1.807, 2.05) is 24.4 Å². The van der Waals surface area contributed by atoms with Crippen LogP contribution in [0.1, 0.15) is 0 Å². The third kappa shape index (κ3) is 4.28. The molecule has 0 aliphatic rings. The molecular formula is C48H29N3O. The lowest BCUT2D eigenvalue weighted by molar-refractivity contribution is 0.666.